The van der Waals surface area contributed by atoms with Crippen LogP contribution in [0.2, 0.25) is 0 Å². The predicted molar refractivity (Wildman–Crippen MR) is 209 cm³/mol. The fourth-order valence-corrected chi connectivity index (χ4v) is 14.2. The van der Waals surface area contributed by atoms with E-state index in [-0.39, 0.29) is 63.5 Å². The molecule has 0 unspecified atom stereocenters. The summed E-state index contributed by atoms with van der Waals surface area (Å²) in [5, 5.41) is 21.8. The maximum atomic E-state index is 13.8. The van der Waals surface area contributed by atoms with Crippen LogP contribution in [-0.4, -0.2) is 40.1 Å². The Bertz CT molecular complexity index is 1660. The summed E-state index contributed by atoms with van der Waals surface area (Å²) in [6, 6.07) is 6.75. The number of hydrogen-bond donors (Lipinski definition) is 3. The molecule has 54 heavy (non-hydrogen) atoms. The van der Waals surface area contributed by atoms with Crippen LogP contribution >= 0.6 is 0 Å². The standard InChI is InChI=1S/C46H67NO7/c1-28(2)31-16-21-46(24-36(48)47-27-29-10-12-30(13-11-29)40(52)53)23-22-44(8)32(39(31)46)14-15-34-43(7)19-18-35(42(5,6)33(43)17-20-45(34,44)9)54-38(51)26-41(3,4)25-37(49)50/h10-13,31-35,39H,1,14-27H2,2-9H3,(H,47,48)(H,49,50)(H,52,53)/t31-,32+,33-,34+,35-,39+,43-,44+,45+,46+/m0/s1. The topological polar surface area (TPSA) is 130 Å². The summed E-state index contributed by atoms with van der Waals surface area (Å²) >= 11 is 0. The van der Waals surface area contributed by atoms with Gasteiger partial charge in [-0.1, -0.05) is 72.8 Å². The average molecular weight is 746 g/mol. The first kappa shape index (κ1) is 40.5. The highest BCUT2D eigenvalue weighted by Crippen LogP contribution is 2.78. The molecule has 5 aliphatic carbocycles. The molecular formula is C46H67NO7. The Kier molecular flexibility index (Phi) is 10.6. The summed E-state index contributed by atoms with van der Waals surface area (Å²) in [7, 11) is 0. The van der Waals surface area contributed by atoms with Crippen molar-refractivity contribution in [3.8, 4) is 0 Å². The lowest BCUT2D eigenvalue weighted by atomic mass is 9.32. The van der Waals surface area contributed by atoms with Crippen LogP contribution in [-0.2, 0) is 25.7 Å². The molecule has 5 aliphatic rings. The summed E-state index contributed by atoms with van der Waals surface area (Å²) in [5.74, 6) is 0.299. The van der Waals surface area contributed by atoms with Gasteiger partial charge in [-0.15, -0.1) is 0 Å². The largest absolute Gasteiger partial charge is 0.481 e. The van der Waals surface area contributed by atoms with E-state index in [2.05, 4.69) is 53.4 Å². The van der Waals surface area contributed by atoms with E-state index in [4.69, 9.17) is 4.74 Å². The number of carboxylic acid groups (broad SMARTS) is 2. The molecule has 0 bridgehead atoms. The first-order valence-corrected chi connectivity index (χ1v) is 20.7. The van der Waals surface area contributed by atoms with Gasteiger partial charge in [-0.05, 0) is 145 Å². The highest BCUT2D eigenvalue weighted by Gasteiger charge is 2.71. The van der Waals surface area contributed by atoms with E-state index in [1.807, 2.05) is 13.8 Å². The minimum absolute atomic E-state index is 0.0434. The number of nitrogens with one attached hydrogen (secondary N) is 1. The number of allylic oxidation sites excluding steroid dienone is 1. The van der Waals surface area contributed by atoms with Crippen LogP contribution in [0.25, 0.3) is 0 Å². The van der Waals surface area contributed by atoms with E-state index < -0.39 is 17.4 Å². The third kappa shape index (κ3) is 6.84. The highest BCUT2D eigenvalue weighted by atomic mass is 16.5. The molecule has 0 spiro atoms. The fraction of sp³-hybridized carbons (Fsp3) is 0.739. The third-order valence-corrected chi connectivity index (χ3v) is 16.9. The van der Waals surface area contributed by atoms with Crippen molar-refractivity contribution in [3.05, 3.63) is 47.5 Å². The number of carboxylic acids is 2. The number of ether oxygens (including phenoxy) is 1. The van der Waals surface area contributed by atoms with Gasteiger partial charge >= 0.3 is 17.9 Å². The van der Waals surface area contributed by atoms with Gasteiger partial charge in [0, 0.05) is 18.4 Å². The normalized spacial score (nSPS) is 38.1. The highest BCUT2D eigenvalue weighted by molar-refractivity contribution is 5.87. The van der Waals surface area contributed by atoms with Crippen molar-refractivity contribution >= 4 is 23.8 Å². The zero-order valence-electron chi connectivity index (χ0n) is 34.3. The molecule has 3 N–H and O–H groups in total. The van der Waals surface area contributed by atoms with Crippen LogP contribution in [0.4, 0.5) is 0 Å². The fourth-order valence-electron chi connectivity index (χ4n) is 14.2. The monoisotopic (exact) mass is 745 g/mol. The van der Waals surface area contributed by atoms with Gasteiger partial charge in [0.2, 0.25) is 5.91 Å². The minimum Gasteiger partial charge on any atom is -0.481 e. The lowest BCUT2D eigenvalue weighted by Crippen LogP contribution is -2.67. The van der Waals surface area contributed by atoms with Crippen LogP contribution in [0.5, 0.6) is 0 Å². The Morgan fingerprint density at radius 1 is 0.833 bits per heavy atom. The van der Waals surface area contributed by atoms with Crippen LogP contribution in [0.15, 0.2) is 36.4 Å². The molecule has 1 aromatic rings. The number of benzene rings is 1. The number of aromatic carboxylic acids is 1. The molecular weight excluding hydrogens is 679 g/mol. The number of carbonyl (C=O) groups excluding carboxylic acids is 2. The van der Waals surface area contributed by atoms with Gasteiger partial charge in [-0.2, -0.15) is 0 Å². The summed E-state index contributed by atoms with van der Waals surface area (Å²) in [6.45, 7) is 23.2. The quantitative estimate of drug-likeness (QED) is 0.152. The van der Waals surface area contributed by atoms with Crippen molar-refractivity contribution in [2.45, 2.75) is 152 Å². The van der Waals surface area contributed by atoms with Gasteiger partial charge in [0.15, 0.2) is 0 Å². The number of fused-ring (bicyclic) bond motifs is 7. The number of carbonyl (C=O) groups is 4. The number of hydrogen-bond acceptors (Lipinski definition) is 5. The second-order valence-electron chi connectivity index (χ2n) is 20.8. The number of esters is 1. The van der Waals surface area contributed by atoms with Gasteiger partial charge in [0.1, 0.15) is 6.10 Å². The molecule has 6 rings (SSSR count). The molecule has 1 aromatic carbocycles. The van der Waals surface area contributed by atoms with Crippen molar-refractivity contribution < 1.29 is 34.1 Å². The van der Waals surface area contributed by atoms with Gasteiger partial charge in [-0.3, -0.25) is 14.4 Å². The molecule has 8 nitrogen and oxygen atoms in total. The summed E-state index contributed by atoms with van der Waals surface area (Å²) in [4.78, 5) is 49.7. The molecule has 8 heteroatoms. The molecule has 0 aromatic heterocycles. The number of amides is 1. The second kappa shape index (κ2) is 14.1. The van der Waals surface area contributed by atoms with E-state index in [0.717, 1.165) is 56.9 Å². The molecule has 10 atom stereocenters. The van der Waals surface area contributed by atoms with Crippen LogP contribution in [0, 0.1) is 62.1 Å². The van der Waals surface area contributed by atoms with E-state index in [1.54, 1.807) is 24.3 Å². The summed E-state index contributed by atoms with van der Waals surface area (Å²) in [5.41, 5.74) is 1.93. The van der Waals surface area contributed by atoms with E-state index in [9.17, 15) is 29.4 Å². The first-order chi connectivity index (χ1) is 25.1. The Labute approximate surface area is 323 Å². The lowest BCUT2D eigenvalue weighted by molar-refractivity contribution is -0.250. The average Bonchev–Trinajstić information content (AvgIpc) is 3.44. The molecule has 0 saturated heterocycles. The van der Waals surface area contributed by atoms with Gasteiger partial charge in [0.25, 0.3) is 0 Å². The zero-order valence-corrected chi connectivity index (χ0v) is 34.3. The molecule has 5 fully saturated rings. The first-order valence-electron chi connectivity index (χ1n) is 20.7. The smallest absolute Gasteiger partial charge is 0.335 e. The zero-order chi connectivity index (χ0) is 39.6. The van der Waals surface area contributed by atoms with Crippen molar-refractivity contribution in [1.29, 1.82) is 0 Å². The van der Waals surface area contributed by atoms with Gasteiger partial charge in [0.05, 0.1) is 18.4 Å². The van der Waals surface area contributed by atoms with Crippen molar-refractivity contribution in [2.75, 3.05) is 0 Å². The summed E-state index contributed by atoms with van der Waals surface area (Å²) < 4.78 is 6.27. The Hall–Kier alpha value is -3.16. The lowest BCUT2D eigenvalue weighted by Gasteiger charge is -2.73. The SMILES string of the molecule is C=C(C)[C@@H]1CC[C@]2(CC(=O)NCc3ccc(C(=O)O)cc3)CC[C@]3(C)[C@H](CC[C@@H]4[C@@]5(C)CC[C@H](OC(=O)CC(C)(C)CC(=O)O)C(C)(C)[C@@H]5CC[C@]43C)[C@@H]12. The molecule has 0 aliphatic heterocycles. The molecule has 0 heterocycles. The van der Waals surface area contributed by atoms with Crippen molar-refractivity contribution in [3.63, 3.8) is 0 Å². The molecule has 5 saturated carbocycles. The Morgan fingerprint density at radius 3 is 2.15 bits per heavy atom. The van der Waals surface area contributed by atoms with E-state index >= 15 is 0 Å². The van der Waals surface area contributed by atoms with Gasteiger partial charge < -0.3 is 20.3 Å². The third-order valence-electron chi connectivity index (χ3n) is 16.9. The van der Waals surface area contributed by atoms with Crippen molar-refractivity contribution in [1.82, 2.24) is 5.32 Å². The summed E-state index contributed by atoms with van der Waals surface area (Å²) in [6.07, 6.45) is 11.2. The maximum Gasteiger partial charge on any atom is 0.335 e. The Morgan fingerprint density at radius 2 is 1.52 bits per heavy atom. The minimum atomic E-state index is -0.954. The number of aliphatic carboxylic acids is 1. The Balaban J connectivity index is 1.20. The van der Waals surface area contributed by atoms with Gasteiger partial charge in [-0.25, -0.2) is 4.79 Å². The van der Waals surface area contributed by atoms with E-state index in [1.165, 1.54) is 18.4 Å². The predicted octanol–water partition coefficient (Wildman–Crippen LogP) is 9.85. The number of rotatable bonds is 11. The van der Waals surface area contributed by atoms with Crippen LogP contribution in [0.3, 0.4) is 0 Å². The van der Waals surface area contributed by atoms with Crippen LogP contribution in [0.1, 0.15) is 155 Å². The van der Waals surface area contributed by atoms with Crippen LogP contribution < -0.4 is 5.32 Å². The molecule has 1 amide bonds. The van der Waals surface area contributed by atoms with Crippen molar-refractivity contribution in [2.24, 2.45) is 62.1 Å². The van der Waals surface area contributed by atoms with E-state index in [0.29, 0.717) is 42.6 Å². The maximum absolute atomic E-state index is 13.8. The second-order valence-corrected chi connectivity index (χ2v) is 20.8. The molecule has 0 radical (unpaired) electrons. The molecule has 298 valence electrons.